The van der Waals surface area contributed by atoms with Crippen LogP contribution in [0.3, 0.4) is 0 Å². The van der Waals surface area contributed by atoms with Gasteiger partial charge < -0.3 is 14.2 Å². The highest BCUT2D eigenvalue weighted by Gasteiger charge is 2.28. The Bertz CT molecular complexity index is 1560. The van der Waals surface area contributed by atoms with E-state index < -0.39 is 15.7 Å². The summed E-state index contributed by atoms with van der Waals surface area (Å²) in [6.45, 7) is 3.38. The monoisotopic (exact) mass is 561 g/mol. The normalized spacial score (nSPS) is 15.3. The summed E-state index contributed by atoms with van der Waals surface area (Å²) in [4.78, 5) is 19.9. The van der Waals surface area contributed by atoms with Crippen molar-refractivity contribution < 1.29 is 22.3 Å². The molecule has 1 aliphatic rings. The van der Waals surface area contributed by atoms with Crippen LogP contribution in [0.4, 0.5) is 4.39 Å². The predicted octanol–water partition coefficient (Wildman–Crippen LogP) is 5.17. The predicted molar refractivity (Wildman–Crippen MR) is 150 cm³/mol. The summed E-state index contributed by atoms with van der Waals surface area (Å²) in [7, 11) is -3.89. The maximum absolute atomic E-state index is 13.8. The van der Waals surface area contributed by atoms with Crippen molar-refractivity contribution in [2.45, 2.75) is 49.9 Å². The maximum Gasteiger partial charge on any atom is 0.254 e. The average molecular weight is 562 g/mol. The van der Waals surface area contributed by atoms with E-state index in [0.29, 0.717) is 30.0 Å². The molecule has 0 spiro atoms. The van der Waals surface area contributed by atoms with Crippen LogP contribution in [0.2, 0.25) is 0 Å². The molecule has 9 heteroatoms. The molecule has 0 N–H and O–H groups in total. The van der Waals surface area contributed by atoms with Crippen LogP contribution >= 0.6 is 0 Å². The smallest absolute Gasteiger partial charge is 0.254 e. The number of halogens is 1. The molecule has 0 radical (unpaired) electrons. The summed E-state index contributed by atoms with van der Waals surface area (Å²) >= 11 is 0. The Hall–Kier alpha value is -3.82. The molecule has 2 heterocycles. The fraction of sp³-hybridized carbons (Fsp3) is 0.290. The Labute approximate surface area is 234 Å². The third-order valence-electron chi connectivity index (χ3n) is 7.10. The van der Waals surface area contributed by atoms with Crippen molar-refractivity contribution in [3.63, 3.8) is 0 Å². The minimum Gasteiger partial charge on any atom is -0.376 e. The first-order valence-corrected chi connectivity index (χ1v) is 15.0. The van der Waals surface area contributed by atoms with Gasteiger partial charge in [0, 0.05) is 18.7 Å². The number of imidazole rings is 1. The van der Waals surface area contributed by atoms with E-state index in [9.17, 15) is 17.6 Å². The topological polar surface area (TPSA) is 81.5 Å². The van der Waals surface area contributed by atoms with E-state index in [0.717, 1.165) is 24.0 Å². The summed E-state index contributed by atoms with van der Waals surface area (Å²) in [6.07, 6.45) is 3.25. The van der Waals surface area contributed by atoms with Crippen molar-refractivity contribution in [3.8, 4) is 0 Å². The molecule has 1 aromatic heterocycles. The molecule has 4 aromatic rings. The van der Waals surface area contributed by atoms with Gasteiger partial charge in [0.1, 0.15) is 5.82 Å². The molecule has 0 aliphatic carbocycles. The molecule has 5 rings (SSSR count). The molecule has 0 saturated carbocycles. The molecule has 1 unspecified atom stereocenters. The maximum atomic E-state index is 13.8. The second-order valence-electron chi connectivity index (χ2n) is 10.1. The summed E-state index contributed by atoms with van der Waals surface area (Å²) in [5.41, 5.74) is 3.42. The lowest BCUT2D eigenvalue weighted by Gasteiger charge is -2.27. The SMILES string of the molecule is Cc1ccccc1C(=O)N(Cc1cnc(S(=O)(=O)Cc2ccc(F)cc2)n1Cc1ccccc1)CC1CCCO1. The number of ether oxygens (including phenoxy) is 1. The van der Waals surface area contributed by atoms with E-state index >= 15 is 0 Å². The highest BCUT2D eigenvalue weighted by molar-refractivity contribution is 7.90. The lowest BCUT2D eigenvalue weighted by molar-refractivity contribution is 0.0501. The van der Waals surface area contributed by atoms with Crippen LogP contribution in [0.5, 0.6) is 0 Å². The molecular formula is C31H32FN3O4S. The number of hydrogen-bond donors (Lipinski definition) is 0. The lowest BCUT2D eigenvalue weighted by Crippen LogP contribution is -2.38. The van der Waals surface area contributed by atoms with Crippen molar-refractivity contribution >= 4 is 15.7 Å². The van der Waals surface area contributed by atoms with E-state index in [1.807, 2.05) is 55.5 Å². The Morgan fingerprint density at radius 2 is 1.75 bits per heavy atom. The van der Waals surface area contributed by atoms with Gasteiger partial charge in [-0.2, -0.15) is 0 Å². The Kier molecular flexibility index (Phi) is 8.42. The van der Waals surface area contributed by atoms with Crippen LogP contribution in [0.25, 0.3) is 0 Å². The molecular weight excluding hydrogens is 529 g/mol. The van der Waals surface area contributed by atoms with Crippen molar-refractivity contribution in [1.82, 2.24) is 14.5 Å². The number of amides is 1. The minimum atomic E-state index is -3.89. The highest BCUT2D eigenvalue weighted by Crippen LogP contribution is 2.23. The van der Waals surface area contributed by atoms with Crippen LogP contribution in [-0.4, -0.2) is 48.0 Å². The van der Waals surface area contributed by atoms with Gasteiger partial charge in [-0.15, -0.1) is 0 Å². The number of nitrogens with zero attached hydrogens (tertiary/aromatic N) is 3. The van der Waals surface area contributed by atoms with Crippen molar-refractivity contribution in [2.75, 3.05) is 13.2 Å². The highest BCUT2D eigenvalue weighted by atomic mass is 32.2. The average Bonchev–Trinajstić information content (AvgIpc) is 3.61. The minimum absolute atomic E-state index is 0.0832. The molecule has 208 valence electrons. The Morgan fingerprint density at radius 3 is 2.45 bits per heavy atom. The lowest BCUT2D eigenvalue weighted by atomic mass is 10.1. The summed E-state index contributed by atoms with van der Waals surface area (Å²) in [5.74, 6) is -0.893. The molecule has 1 aliphatic heterocycles. The van der Waals surface area contributed by atoms with Gasteiger partial charge >= 0.3 is 0 Å². The molecule has 1 saturated heterocycles. The number of carbonyl (C=O) groups excluding carboxylic acids is 1. The number of aryl methyl sites for hydroxylation is 1. The summed E-state index contributed by atoms with van der Waals surface area (Å²) in [5, 5.41) is -0.0870. The van der Waals surface area contributed by atoms with E-state index in [-0.39, 0.29) is 36.0 Å². The summed E-state index contributed by atoms with van der Waals surface area (Å²) in [6, 6.07) is 22.4. The van der Waals surface area contributed by atoms with Gasteiger partial charge in [0.25, 0.3) is 5.91 Å². The van der Waals surface area contributed by atoms with E-state index in [4.69, 9.17) is 4.74 Å². The zero-order chi connectivity index (χ0) is 28.1. The zero-order valence-corrected chi connectivity index (χ0v) is 23.2. The van der Waals surface area contributed by atoms with E-state index in [1.165, 1.54) is 30.5 Å². The van der Waals surface area contributed by atoms with Gasteiger partial charge in [-0.05, 0) is 54.7 Å². The first-order valence-electron chi connectivity index (χ1n) is 13.3. The van der Waals surface area contributed by atoms with Gasteiger partial charge in [-0.25, -0.2) is 17.8 Å². The molecule has 40 heavy (non-hydrogen) atoms. The second kappa shape index (κ2) is 12.1. The molecule has 3 aromatic carbocycles. The second-order valence-corrected chi connectivity index (χ2v) is 12.0. The number of aromatic nitrogens is 2. The largest absolute Gasteiger partial charge is 0.376 e. The van der Waals surface area contributed by atoms with Crippen LogP contribution in [-0.2, 0) is 33.4 Å². The quantitative estimate of drug-likeness (QED) is 0.267. The molecule has 1 amide bonds. The number of carbonyl (C=O) groups is 1. The Balaban J connectivity index is 1.51. The molecule has 1 fully saturated rings. The fourth-order valence-corrected chi connectivity index (χ4v) is 6.49. The number of sulfone groups is 1. The molecule has 1 atom stereocenters. The van der Waals surface area contributed by atoms with E-state index in [2.05, 4.69) is 4.98 Å². The third-order valence-corrected chi connectivity index (χ3v) is 8.69. The van der Waals surface area contributed by atoms with Crippen LogP contribution in [0.15, 0.2) is 90.2 Å². The molecule has 7 nitrogen and oxygen atoms in total. The van der Waals surface area contributed by atoms with Crippen LogP contribution in [0, 0.1) is 12.7 Å². The van der Waals surface area contributed by atoms with E-state index in [1.54, 1.807) is 15.5 Å². The van der Waals surface area contributed by atoms with Gasteiger partial charge in [0.05, 0.1) is 36.8 Å². The van der Waals surface area contributed by atoms with Crippen LogP contribution in [0.1, 0.15) is 45.6 Å². The van der Waals surface area contributed by atoms with Gasteiger partial charge in [0.15, 0.2) is 0 Å². The standard InChI is InChI=1S/C31H32FN3O4S/c1-23-8-5-6-12-29(23)30(36)34(21-28-11-7-17-39-28)20-27-18-33-31(35(27)19-24-9-3-2-4-10-24)40(37,38)22-25-13-15-26(32)16-14-25/h2-6,8-10,12-16,18,28H,7,11,17,19-22H2,1H3. The zero-order valence-electron chi connectivity index (χ0n) is 22.4. The van der Waals surface area contributed by atoms with Gasteiger partial charge in [0.2, 0.25) is 15.0 Å². The van der Waals surface area contributed by atoms with Gasteiger partial charge in [-0.3, -0.25) is 4.79 Å². The number of hydrogen-bond acceptors (Lipinski definition) is 5. The first-order chi connectivity index (χ1) is 19.3. The molecule has 0 bridgehead atoms. The summed E-state index contributed by atoms with van der Waals surface area (Å²) < 4.78 is 48.1. The van der Waals surface area contributed by atoms with Gasteiger partial charge in [-0.1, -0.05) is 60.7 Å². The van der Waals surface area contributed by atoms with Crippen molar-refractivity contribution in [3.05, 3.63) is 119 Å². The van der Waals surface area contributed by atoms with Crippen LogP contribution < -0.4 is 0 Å². The first kappa shape index (κ1) is 27.7. The fourth-order valence-electron chi connectivity index (χ4n) is 5.00. The Morgan fingerprint density at radius 1 is 1.02 bits per heavy atom. The van der Waals surface area contributed by atoms with Crippen molar-refractivity contribution in [2.24, 2.45) is 0 Å². The number of rotatable bonds is 10. The van der Waals surface area contributed by atoms with Crippen molar-refractivity contribution in [1.29, 1.82) is 0 Å². The third kappa shape index (κ3) is 6.48. The number of benzene rings is 3.